The van der Waals surface area contributed by atoms with Crippen molar-refractivity contribution >= 4 is 29.0 Å². The minimum absolute atomic E-state index is 0.0461. The van der Waals surface area contributed by atoms with Crippen molar-refractivity contribution in [2.24, 2.45) is 0 Å². The van der Waals surface area contributed by atoms with Gasteiger partial charge < -0.3 is 10.2 Å². The predicted octanol–water partition coefficient (Wildman–Crippen LogP) is 4.06. The topological polar surface area (TPSA) is 50.2 Å². The average Bonchev–Trinajstić information content (AvgIpc) is 3.11. The summed E-state index contributed by atoms with van der Waals surface area (Å²) in [5.41, 5.74) is 2.91. The standard InChI is InChI=1S/C20H22N4OS/c1-15(19(25)22-16-9-11-17(12-10-16)23(2)3)26-20-21-13-14-24(20)18-7-5-4-6-8-18/h4-15H,1-3H3,(H,22,25)/t15-/m1/s1. The number of thioether (sulfide) groups is 1. The number of para-hydroxylation sites is 1. The van der Waals surface area contributed by atoms with Crippen LogP contribution < -0.4 is 10.2 Å². The van der Waals surface area contributed by atoms with Crippen LogP contribution in [0.3, 0.4) is 0 Å². The second-order valence-corrected chi connectivity index (χ2v) is 7.41. The van der Waals surface area contributed by atoms with Crippen LogP contribution in [-0.4, -0.2) is 34.8 Å². The molecule has 0 aliphatic heterocycles. The second-order valence-electron chi connectivity index (χ2n) is 6.11. The third-order valence-corrected chi connectivity index (χ3v) is 5.02. The molecule has 3 aromatic rings. The van der Waals surface area contributed by atoms with Gasteiger partial charge in [-0.25, -0.2) is 4.98 Å². The van der Waals surface area contributed by atoms with Crippen molar-refractivity contribution in [2.45, 2.75) is 17.3 Å². The van der Waals surface area contributed by atoms with Gasteiger partial charge in [0.15, 0.2) is 5.16 Å². The normalized spacial score (nSPS) is 11.8. The summed E-state index contributed by atoms with van der Waals surface area (Å²) < 4.78 is 1.99. The number of aromatic nitrogens is 2. The molecule has 1 amide bonds. The van der Waals surface area contributed by atoms with Gasteiger partial charge in [-0.1, -0.05) is 30.0 Å². The van der Waals surface area contributed by atoms with Crippen molar-refractivity contribution < 1.29 is 4.79 Å². The number of nitrogens with zero attached hydrogens (tertiary/aromatic N) is 3. The number of carbonyl (C=O) groups excluding carboxylic acids is 1. The predicted molar refractivity (Wildman–Crippen MR) is 108 cm³/mol. The van der Waals surface area contributed by atoms with Gasteiger partial charge in [-0.05, 0) is 43.3 Å². The highest BCUT2D eigenvalue weighted by Crippen LogP contribution is 2.25. The number of carbonyl (C=O) groups is 1. The first-order valence-corrected chi connectivity index (χ1v) is 9.26. The number of benzene rings is 2. The van der Waals surface area contributed by atoms with Crippen molar-refractivity contribution in [1.82, 2.24) is 9.55 Å². The van der Waals surface area contributed by atoms with Crippen LogP contribution in [0.2, 0.25) is 0 Å². The van der Waals surface area contributed by atoms with Crippen LogP contribution in [0.25, 0.3) is 5.69 Å². The van der Waals surface area contributed by atoms with Gasteiger partial charge >= 0.3 is 0 Å². The molecular weight excluding hydrogens is 344 g/mol. The van der Waals surface area contributed by atoms with Crippen LogP contribution in [0, 0.1) is 0 Å². The summed E-state index contributed by atoms with van der Waals surface area (Å²) in [6.45, 7) is 1.89. The van der Waals surface area contributed by atoms with E-state index in [1.54, 1.807) is 6.20 Å². The third-order valence-electron chi connectivity index (χ3n) is 3.94. The lowest BCUT2D eigenvalue weighted by Crippen LogP contribution is -2.22. The van der Waals surface area contributed by atoms with Crippen LogP contribution in [0.5, 0.6) is 0 Å². The maximum absolute atomic E-state index is 12.5. The molecule has 0 aliphatic carbocycles. The van der Waals surface area contributed by atoms with Gasteiger partial charge in [0, 0.05) is 43.6 Å². The van der Waals surface area contributed by atoms with Crippen LogP contribution in [-0.2, 0) is 4.79 Å². The van der Waals surface area contributed by atoms with Crippen LogP contribution >= 0.6 is 11.8 Å². The summed E-state index contributed by atoms with van der Waals surface area (Å²) >= 11 is 1.44. The Hall–Kier alpha value is -2.73. The molecule has 1 atom stereocenters. The Bertz CT molecular complexity index is 859. The van der Waals surface area contributed by atoms with E-state index >= 15 is 0 Å². The maximum Gasteiger partial charge on any atom is 0.237 e. The summed E-state index contributed by atoms with van der Waals surface area (Å²) in [4.78, 5) is 18.9. The highest BCUT2D eigenvalue weighted by molar-refractivity contribution is 8.00. The Morgan fingerprint density at radius 1 is 1.12 bits per heavy atom. The van der Waals surface area contributed by atoms with E-state index in [0.717, 1.165) is 22.2 Å². The summed E-state index contributed by atoms with van der Waals surface area (Å²) in [6.07, 6.45) is 3.65. The molecule has 134 valence electrons. The van der Waals surface area contributed by atoms with Gasteiger partial charge in [0.1, 0.15) is 0 Å². The lowest BCUT2D eigenvalue weighted by molar-refractivity contribution is -0.115. The van der Waals surface area contributed by atoms with Gasteiger partial charge in [0.05, 0.1) is 5.25 Å². The van der Waals surface area contributed by atoms with E-state index in [4.69, 9.17) is 0 Å². The van der Waals surface area contributed by atoms with Gasteiger partial charge in [0.25, 0.3) is 0 Å². The zero-order valence-corrected chi connectivity index (χ0v) is 15.9. The smallest absolute Gasteiger partial charge is 0.237 e. The molecule has 0 unspecified atom stereocenters. The molecule has 0 aliphatic rings. The number of hydrogen-bond donors (Lipinski definition) is 1. The number of nitrogens with one attached hydrogen (secondary N) is 1. The van der Waals surface area contributed by atoms with Crippen LogP contribution in [0.1, 0.15) is 6.92 Å². The van der Waals surface area contributed by atoms with Crippen molar-refractivity contribution in [1.29, 1.82) is 0 Å². The molecule has 0 saturated heterocycles. The van der Waals surface area contributed by atoms with Gasteiger partial charge in [-0.15, -0.1) is 0 Å². The molecule has 1 aromatic heterocycles. The van der Waals surface area contributed by atoms with Crippen LogP contribution in [0.4, 0.5) is 11.4 Å². The number of imidazole rings is 1. The van der Waals surface area contributed by atoms with E-state index < -0.39 is 0 Å². The van der Waals surface area contributed by atoms with Crippen molar-refractivity contribution in [2.75, 3.05) is 24.3 Å². The number of hydrogen-bond acceptors (Lipinski definition) is 4. The monoisotopic (exact) mass is 366 g/mol. The lowest BCUT2D eigenvalue weighted by atomic mass is 10.2. The largest absolute Gasteiger partial charge is 0.378 e. The van der Waals surface area contributed by atoms with Crippen molar-refractivity contribution in [3.8, 4) is 5.69 Å². The Morgan fingerprint density at radius 3 is 2.46 bits per heavy atom. The molecule has 1 N–H and O–H groups in total. The number of rotatable bonds is 6. The Kier molecular flexibility index (Phi) is 5.63. The van der Waals surface area contributed by atoms with Crippen molar-refractivity contribution in [3.63, 3.8) is 0 Å². The molecule has 0 fully saturated rings. The van der Waals surface area contributed by atoms with E-state index in [9.17, 15) is 4.79 Å². The molecule has 26 heavy (non-hydrogen) atoms. The highest BCUT2D eigenvalue weighted by atomic mass is 32.2. The second kappa shape index (κ2) is 8.10. The summed E-state index contributed by atoms with van der Waals surface area (Å²) in [6, 6.07) is 17.8. The Labute approximate surface area is 158 Å². The van der Waals surface area contributed by atoms with E-state index in [0.29, 0.717) is 0 Å². The fraction of sp³-hybridized carbons (Fsp3) is 0.200. The SMILES string of the molecule is C[C@@H](Sc1nccn1-c1ccccc1)C(=O)Nc1ccc(N(C)C)cc1. The molecule has 6 heteroatoms. The molecule has 3 rings (SSSR count). The molecule has 0 saturated carbocycles. The quantitative estimate of drug-likeness (QED) is 0.669. The van der Waals surface area contributed by atoms with Gasteiger partial charge in [-0.3, -0.25) is 9.36 Å². The number of anilines is 2. The third kappa shape index (κ3) is 4.26. The first-order chi connectivity index (χ1) is 12.5. The fourth-order valence-electron chi connectivity index (χ4n) is 2.46. The van der Waals surface area contributed by atoms with Gasteiger partial charge in [0.2, 0.25) is 5.91 Å². The molecule has 2 aromatic carbocycles. The van der Waals surface area contributed by atoms with E-state index in [1.165, 1.54) is 11.8 Å². The molecule has 0 radical (unpaired) electrons. The van der Waals surface area contributed by atoms with Crippen LogP contribution in [0.15, 0.2) is 72.1 Å². The molecule has 5 nitrogen and oxygen atoms in total. The summed E-state index contributed by atoms with van der Waals surface area (Å²) in [5, 5.41) is 3.49. The average molecular weight is 366 g/mol. The first-order valence-electron chi connectivity index (χ1n) is 8.38. The Balaban J connectivity index is 1.66. The highest BCUT2D eigenvalue weighted by Gasteiger charge is 2.18. The van der Waals surface area contributed by atoms with Crippen molar-refractivity contribution in [3.05, 3.63) is 67.0 Å². The Morgan fingerprint density at radius 2 is 1.81 bits per heavy atom. The lowest BCUT2D eigenvalue weighted by Gasteiger charge is -2.15. The summed E-state index contributed by atoms with van der Waals surface area (Å²) in [5.74, 6) is -0.0461. The molecule has 0 spiro atoms. The van der Waals surface area contributed by atoms with E-state index in [1.807, 2.05) is 91.3 Å². The molecule has 1 heterocycles. The number of amides is 1. The first kappa shape index (κ1) is 18.1. The minimum atomic E-state index is -0.270. The summed E-state index contributed by atoms with van der Waals surface area (Å²) in [7, 11) is 3.97. The fourth-order valence-corrected chi connectivity index (χ4v) is 3.34. The minimum Gasteiger partial charge on any atom is -0.378 e. The van der Waals surface area contributed by atoms with E-state index in [-0.39, 0.29) is 11.2 Å². The zero-order chi connectivity index (χ0) is 18.5. The van der Waals surface area contributed by atoms with E-state index in [2.05, 4.69) is 10.3 Å². The van der Waals surface area contributed by atoms with Gasteiger partial charge in [-0.2, -0.15) is 0 Å². The maximum atomic E-state index is 12.5. The zero-order valence-electron chi connectivity index (χ0n) is 15.1. The molecule has 0 bridgehead atoms. The molecular formula is C20H22N4OS.